The molecule has 4 rings (SSSR count). The van der Waals surface area contributed by atoms with E-state index in [1.807, 2.05) is 49.9 Å². The Hall–Kier alpha value is -2.77. The molecule has 2 atom stereocenters. The first kappa shape index (κ1) is 24.4. The van der Waals surface area contributed by atoms with E-state index in [9.17, 15) is 9.90 Å². The highest BCUT2D eigenvalue weighted by molar-refractivity contribution is 5.95. The number of aliphatic hydroxyl groups is 1. The highest BCUT2D eigenvalue weighted by atomic mass is 16.5. The van der Waals surface area contributed by atoms with Gasteiger partial charge in [0.25, 0.3) is 5.91 Å². The van der Waals surface area contributed by atoms with Crippen LogP contribution < -0.4 is 14.2 Å². The third-order valence-corrected chi connectivity index (χ3v) is 6.54. The minimum absolute atomic E-state index is 0.0162. The fourth-order valence-electron chi connectivity index (χ4n) is 4.77. The number of fused-ring (bicyclic) bond motifs is 1. The number of nitrogens with zero attached hydrogens (tertiary/aromatic N) is 1. The van der Waals surface area contributed by atoms with E-state index >= 15 is 0 Å². The van der Waals surface area contributed by atoms with Gasteiger partial charge in [0.1, 0.15) is 11.4 Å². The molecular weight excluding hydrogens is 434 g/mol. The topological polar surface area (TPSA) is 77.5 Å². The lowest BCUT2D eigenvalue weighted by atomic mass is 9.81. The standard InChI is InChI=1S/C27H35NO6/c1-18(2)32-23-10-9-20(15-24(23)31-4)26(30)28-13-11-27(12-14-28)16-25(33-19(3)17-29)21-7-5-6-8-22(21)34-27/h5-10,15,18-19,25,29H,11-14,16-17H2,1-4H3/t19-,25-/m0/s1. The second kappa shape index (κ2) is 10.2. The third-order valence-electron chi connectivity index (χ3n) is 6.54. The van der Waals surface area contributed by atoms with Crippen molar-refractivity contribution < 1.29 is 28.8 Å². The summed E-state index contributed by atoms with van der Waals surface area (Å²) in [7, 11) is 1.58. The first-order chi connectivity index (χ1) is 16.3. The van der Waals surface area contributed by atoms with Crippen molar-refractivity contribution in [2.45, 2.75) is 63.9 Å². The number of aliphatic hydroxyl groups excluding tert-OH is 1. The predicted octanol–water partition coefficient (Wildman–Crippen LogP) is 4.38. The molecule has 0 aliphatic carbocycles. The Bertz CT molecular complexity index is 998. The van der Waals surface area contributed by atoms with Crippen molar-refractivity contribution in [1.29, 1.82) is 0 Å². The van der Waals surface area contributed by atoms with Crippen molar-refractivity contribution >= 4 is 5.91 Å². The summed E-state index contributed by atoms with van der Waals surface area (Å²) in [6.07, 6.45) is 1.74. The lowest BCUT2D eigenvalue weighted by molar-refractivity contribution is -0.0997. The van der Waals surface area contributed by atoms with Crippen LogP contribution in [0.5, 0.6) is 17.2 Å². The molecule has 0 bridgehead atoms. The molecule has 0 saturated carbocycles. The van der Waals surface area contributed by atoms with Crippen LogP contribution in [0.4, 0.5) is 0 Å². The summed E-state index contributed by atoms with van der Waals surface area (Å²) >= 11 is 0. The average Bonchev–Trinajstić information content (AvgIpc) is 2.84. The van der Waals surface area contributed by atoms with Crippen LogP contribution in [0, 0.1) is 0 Å². The normalized spacial score (nSPS) is 19.9. The van der Waals surface area contributed by atoms with Crippen LogP contribution in [-0.2, 0) is 4.74 Å². The molecule has 2 aromatic rings. The van der Waals surface area contributed by atoms with E-state index in [0.29, 0.717) is 49.4 Å². The molecule has 2 heterocycles. The van der Waals surface area contributed by atoms with Crippen LogP contribution in [0.2, 0.25) is 0 Å². The number of carbonyl (C=O) groups excluding carboxylic acids is 1. The van der Waals surface area contributed by atoms with Gasteiger partial charge < -0.3 is 29.0 Å². The van der Waals surface area contributed by atoms with E-state index in [1.54, 1.807) is 25.3 Å². The molecule has 7 nitrogen and oxygen atoms in total. The Morgan fingerprint density at radius 2 is 1.88 bits per heavy atom. The van der Waals surface area contributed by atoms with Crippen molar-refractivity contribution in [2.75, 3.05) is 26.8 Å². The first-order valence-corrected chi connectivity index (χ1v) is 12.0. The minimum Gasteiger partial charge on any atom is -0.493 e. The molecular formula is C27H35NO6. The smallest absolute Gasteiger partial charge is 0.253 e. The molecule has 7 heteroatoms. The van der Waals surface area contributed by atoms with Gasteiger partial charge in [-0.2, -0.15) is 0 Å². The fraction of sp³-hybridized carbons (Fsp3) is 0.519. The molecule has 2 aliphatic rings. The maximum Gasteiger partial charge on any atom is 0.253 e. The SMILES string of the molecule is COc1cc(C(=O)N2CCC3(CC2)C[C@H](O[C@@H](C)CO)c2ccccc2O3)ccc1OC(C)C. The van der Waals surface area contributed by atoms with E-state index < -0.39 is 5.60 Å². The van der Waals surface area contributed by atoms with Gasteiger partial charge in [0.15, 0.2) is 11.5 Å². The summed E-state index contributed by atoms with van der Waals surface area (Å²) < 4.78 is 23.9. The van der Waals surface area contributed by atoms with Gasteiger partial charge in [0, 0.05) is 43.5 Å². The highest BCUT2D eigenvalue weighted by Gasteiger charge is 2.44. The van der Waals surface area contributed by atoms with Crippen LogP contribution in [-0.4, -0.2) is 60.5 Å². The molecule has 2 aliphatic heterocycles. The number of carbonyl (C=O) groups is 1. The van der Waals surface area contributed by atoms with E-state index in [2.05, 4.69) is 0 Å². The number of benzene rings is 2. The third kappa shape index (κ3) is 5.15. The molecule has 1 N–H and O–H groups in total. The number of hydrogen-bond donors (Lipinski definition) is 1. The van der Waals surface area contributed by atoms with Crippen LogP contribution in [0.3, 0.4) is 0 Å². The number of ether oxygens (including phenoxy) is 4. The van der Waals surface area contributed by atoms with Gasteiger partial charge in [-0.3, -0.25) is 4.79 Å². The summed E-state index contributed by atoms with van der Waals surface area (Å²) in [6, 6.07) is 13.3. The number of rotatable bonds is 7. The Morgan fingerprint density at radius 3 is 2.56 bits per heavy atom. The minimum atomic E-state index is -0.391. The van der Waals surface area contributed by atoms with Crippen LogP contribution in [0.25, 0.3) is 0 Å². The lowest BCUT2D eigenvalue weighted by Crippen LogP contribution is -2.52. The largest absolute Gasteiger partial charge is 0.493 e. The van der Waals surface area contributed by atoms with Gasteiger partial charge in [-0.1, -0.05) is 18.2 Å². The molecule has 1 spiro atoms. The molecule has 0 aromatic heterocycles. The number of hydrogen-bond acceptors (Lipinski definition) is 6. The van der Waals surface area contributed by atoms with E-state index in [0.717, 1.165) is 11.3 Å². The zero-order valence-corrected chi connectivity index (χ0v) is 20.5. The Labute approximate surface area is 201 Å². The lowest BCUT2D eigenvalue weighted by Gasteiger charge is -2.47. The zero-order valence-electron chi connectivity index (χ0n) is 20.5. The Balaban J connectivity index is 1.47. The second-order valence-corrected chi connectivity index (χ2v) is 9.47. The van der Waals surface area contributed by atoms with Crippen LogP contribution in [0.1, 0.15) is 62.1 Å². The van der Waals surface area contributed by atoms with Gasteiger partial charge in [-0.15, -0.1) is 0 Å². The number of amides is 1. The Morgan fingerprint density at radius 1 is 1.15 bits per heavy atom. The fourth-order valence-corrected chi connectivity index (χ4v) is 4.77. The molecule has 0 unspecified atom stereocenters. The first-order valence-electron chi connectivity index (χ1n) is 12.0. The second-order valence-electron chi connectivity index (χ2n) is 9.47. The molecule has 34 heavy (non-hydrogen) atoms. The maximum absolute atomic E-state index is 13.3. The van der Waals surface area contributed by atoms with Crippen molar-refractivity contribution in [3.05, 3.63) is 53.6 Å². The molecule has 0 radical (unpaired) electrons. The van der Waals surface area contributed by atoms with E-state index in [-0.39, 0.29) is 30.8 Å². The average molecular weight is 470 g/mol. The van der Waals surface area contributed by atoms with E-state index in [1.165, 1.54) is 0 Å². The quantitative estimate of drug-likeness (QED) is 0.649. The van der Waals surface area contributed by atoms with Crippen LogP contribution >= 0.6 is 0 Å². The molecule has 1 amide bonds. The Kier molecular flexibility index (Phi) is 7.33. The van der Waals surface area contributed by atoms with Crippen molar-refractivity contribution in [1.82, 2.24) is 4.90 Å². The van der Waals surface area contributed by atoms with Gasteiger partial charge >= 0.3 is 0 Å². The van der Waals surface area contributed by atoms with Gasteiger partial charge in [-0.25, -0.2) is 0 Å². The summed E-state index contributed by atoms with van der Waals surface area (Å²) in [5.74, 6) is 1.98. The molecule has 184 valence electrons. The summed E-state index contributed by atoms with van der Waals surface area (Å²) in [6.45, 7) is 6.93. The molecule has 2 aromatic carbocycles. The number of piperidine rings is 1. The van der Waals surface area contributed by atoms with E-state index in [4.69, 9.17) is 18.9 Å². The summed E-state index contributed by atoms with van der Waals surface area (Å²) in [4.78, 5) is 15.1. The van der Waals surface area contributed by atoms with Crippen molar-refractivity contribution in [2.24, 2.45) is 0 Å². The van der Waals surface area contributed by atoms with Gasteiger partial charge in [-0.05, 0) is 45.0 Å². The number of para-hydroxylation sites is 1. The van der Waals surface area contributed by atoms with Crippen molar-refractivity contribution in [3.8, 4) is 17.2 Å². The van der Waals surface area contributed by atoms with Crippen LogP contribution in [0.15, 0.2) is 42.5 Å². The van der Waals surface area contributed by atoms with Gasteiger partial charge in [0.2, 0.25) is 0 Å². The monoisotopic (exact) mass is 469 g/mol. The molecule has 1 fully saturated rings. The predicted molar refractivity (Wildman–Crippen MR) is 129 cm³/mol. The zero-order chi connectivity index (χ0) is 24.3. The summed E-state index contributed by atoms with van der Waals surface area (Å²) in [5, 5.41) is 9.50. The van der Waals surface area contributed by atoms with Crippen molar-refractivity contribution in [3.63, 3.8) is 0 Å². The number of methoxy groups -OCH3 is 1. The summed E-state index contributed by atoms with van der Waals surface area (Å²) in [5.41, 5.74) is 1.21. The highest BCUT2D eigenvalue weighted by Crippen LogP contribution is 2.46. The number of likely N-dealkylation sites (tertiary alicyclic amines) is 1. The van der Waals surface area contributed by atoms with Gasteiger partial charge in [0.05, 0.1) is 32.0 Å². The molecule has 1 saturated heterocycles. The maximum atomic E-state index is 13.3.